The van der Waals surface area contributed by atoms with Gasteiger partial charge in [-0.1, -0.05) is 12.1 Å². The highest BCUT2D eigenvalue weighted by molar-refractivity contribution is 7.90. The van der Waals surface area contributed by atoms with Crippen molar-refractivity contribution in [3.05, 3.63) is 66.0 Å². The number of rotatable bonds is 4. The Morgan fingerprint density at radius 1 is 1.27 bits per heavy atom. The maximum atomic E-state index is 11.9. The van der Waals surface area contributed by atoms with E-state index in [9.17, 15) is 13.2 Å². The molecule has 0 spiro atoms. The van der Waals surface area contributed by atoms with E-state index in [0.717, 1.165) is 12.3 Å². The fourth-order valence-electron chi connectivity index (χ4n) is 1.62. The molecule has 0 aliphatic heterocycles. The third-order valence-electron chi connectivity index (χ3n) is 2.62. The number of aromatic nitrogens is 1. The second kappa shape index (κ2) is 6.65. The van der Waals surface area contributed by atoms with Crippen molar-refractivity contribution in [2.75, 3.05) is 0 Å². The molecule has 0 bridgehead atoms. The van der Waals surface area contributed by atoms with Gasteiger partial charge in [0, 0.05) is 18.5 Å². The zero-order chi connectivity index (χ0) is 16.0. The molecule has 0 unspecified atom stereocenters. The largest absolute Gasteiger partial charge is 0.269 e. The van der Waals surface area contributed by atoms with Crippen LogP contribution in [0.4, 0.5) is 0 Å². The molecule has 1 aromatic heterocycles. The van der Waals surface area contributed by atoms with Gasteiger partial charge in [0.1, 0.15) is 4.90 Å². The highest BCUT2D eigenvalue weighted by Crippen LogP contribution is 2.07. The number of nitriles is 1. The van der Waals surface area contributed by atoms with E-state index in [1.54, 1.807) is 24.3 Å². The van der Waals surface area contributed by atoms with Gasteiger partial charge in [-0.15, -0.1) is 0 Å². The Bertz CT molecular complexity index is 853. The molecule has 1 amide bonds. The third-order valence-corrected chi connectivity index (χ3v) is 3.95. The van der Waals surface area contributed by atoms with Gasteiger partial charge in [0.2, 0.25) is 0 Å². The Kier molecular flexibility index (Phi) is 4.66. The molecular weight excluding hydrogens is 302 g/mol. The van der Waals surface area contributed by atoms with Gasteiger partial charge in [-0.25, -0.2) is 13.1 Å². The van der Waals surface area contributed by atoms with E-state index in [1.807, 2.05) is 10.8 Å². The van der Waals surface area contributed by atoms with Crippen molar-refractivity contribution in [3.63, 3.8) is 0 Å². The zero-order valence-corrected chi connectivity index (χ0v) is 12.1. The van der Waals surface area contributed by atoms with Gasteiger partial charge in [-0.2, -0.15) is 5.26 Å². The first kappa shape index (κ1) is 15.4. The molecule has 22 heavy (non-hydrogen) atoms. The smallest absolute Gasteiger partial charge is 0.265 e. The highest BCUT2D eigenvalue weighted by atomic mass is 32.2. The summed E-state index contributed by atoms with van der Waals surface area (Å²) in [5, 5.41) is 8.78. The lowest BCUT2D eigenvalue weighted by Crippen LogP contribution is -2.29. The molecule has 0 saturated heterocycles. The van der Waals surface area contributed by atoms with E-state index in [4.69, 9.17) is 5.26 Å². The summed E-state index contributed by atoms with van der Waals surface area (Å²) >= 11 is 0. The Morgan fingerprint density at radius 2 is 2.09 bits per heavy atom. The van der Waals surface area contributed by atoms with Crippen LogP contribution in [-0.4, -0.2) is 19.3 Å². The number of hydrogen-bond acceptors (Lipinski definition) is 5. The standard InChI is InChI=1S/C15H11N3O3S/c16-10-13-4-1-3-12(9-13)6-7-15(19)18-22(20,21)14-5-2-8-17-11-14/h1-9,11H,(H,18,19)/b7-6+. The van der Waals surface area contributed by atoms with Crippen LogP contribution >= 0.6 is 0 Å². The van der Waals surface area contributed by atoms with Gasteiger partial charge < -0.3 is 0 Å². The number of hydrogen-bond donors (Lipinski definition) is 1. The predicted molar refractivity (Wildman–Crippen MR) is 79.8 cm³/mol. The SMILES string of the molecule is N#Cc1cccc(/C=C/C(=O)NS(=O)(=O)c2cccnc2)c1. The molecule has 110 valence electrons. The molecule has 6 nitrogen and oxygen atoms in total. The highest BCUT2D eigenvalue weighted by Gasteiger charge is 2.15. The molecule has 1 N–H and O–H groups in total. The summed E-state index contributed by atoms with van der Waals surface area (Å²) in [6.45, 7) is 0. The Labute approximate surface area is 127 Å². The number of benzene rings is 1. The lowest BCUT2D eigenvalue weighted by Gasteiger charge is -2.03. The van der Waals surface area contributed by atoms with Crippen LogP contribution in [-0.2, 0) is 14.8 Å². The fourth-order valence-corrected chi connectivity index (χ4v) is 2.52. The van der Waals surface area contributed by atoms with Crippen LogP contribution in [0.1, 0.15) is 11.1 Å². The topological polar surface area (TPSA) is 99.9 Å². The summed E-state index contributed by atoms with van der Waals surface area (Å²) in [5.41, 5.74) is 1.07. The predicted octanol–water partition coefficient (Wildman–Crippen LogP) is 1.47. The summed E-state index contributed by atoms with van der Waals surface area (Å²) in [4.78, 5) is 15.3. The molecule has 1 heterocycles. The molecule has 1 aromatic carbocycles. The number of amides is 1. The number of sulfonamides is 1. The fraction of sp³-hybridized carbons (Fsp3) is 0. The van der Waals surface area contributed by atoms with Crippen molar-refractivity contribution in [2.24, 2.45) is 0 Å². The summed E-state index contributed by atoms with van der Waals surface area (Å²) in [7, 11) is -3.94. The van der Waals surface area contributed by atoms with Gasteiger partial charge in [0.15, 0.2) is 0 Å². The van der Waals surface area contributed by atoms with Gasteiger partial charge in [-0.3, -0.25) is 9.78 Å². The average Bonchev–Trinajstić information content (AvgIpc) is 2.53. The lowest BCUT2D eigenvalue weighted by molar-refractivity contribution is -0.114. The summed E-state index contributed by atoms with van der Waals surface area (Å²) < 4.78 is 25.7. The van der Waals surface area contributed by atoms with Crippen LogP contribution < -0.4 is 4.72 Å². The minimum absolute atomic E-state index is 0.0942. The molecule has 0 aliphatic carbocycles. The first-order chi connectivity index (χ1) is 10.5. The second-order valence-electron chi connectivity index (χ2n) is 4.23. The van der Waals surface area contributed by atoms with Crippen molar-refractivity contribution in [1.82, 2.24) is 9.71 Å². The van der Waals surface area contributed by atoms with Crippen LogP contribution in [0.3, 0.4) is 0 Å². The lowest BCUT2D eigenvalue weighted by atomic mass is 10.1. The normalized spacial score (nSPS) is 11.0. The van der Waals surface area contributed by atoms with Gasteiger partial charge in [-0.05, 0) is 35.9 Å². The quantitative estimate of drug-likeness (QED) is 0.862. The van der Waals surface area contributed by atoms with Gasteiger partial charge >= 0.3 is 0 Å². The number of carbonyl (C=O) groups is 1. The molecule has 0 saturated carbocycles. The van der Waals surface area contributed by atoms with E-state index >= 15 is 0 Å². The van der Waals surface area contributed by atoms with Crippen LogP contribution in [0.2, 0.25) is 0 Å². The zero-order valence-electron chi connectivity index (χ0n) is 11.3. The monoisotopic (exact) mass is 313 g/mol. The van der Waals surface area contributed by atoms with Crippen molar-refractivity contribution in [2.45, 2.75) is 4.90 Å². The maximum Gasteiger partial charge on any atom is 0.265 e. The van der Waals surface area contributed by atoms with E-state index < -0.39 is 15.9 Å². The van der Waals surface area contributed by atoms with Crippen molar-refractivity contribution in [1.29, 1.82) is 5.26 Å². The van der Waals surface area contributed by atoms with Crippen molar-refractivity contribution >= 4 is 22.0 Å². The minimum Gasteiger partial charge on any atom is -0.269 e. The van der Waals surface area contributed by atoms with E-state index in [-0.39, 0.29) is 4.90 Å². The van der Waals surface area contributed by atoms with Crippen LogP contribution in [0, 0.1) is 11.3 Å². The summed E-state index contributed by atoms with van der Waals surface area (Å²) in [6, 6.07) is 11.3. The van der Waals surface area contributed by atoms with E-state index in [0.29, 0.717) is 11.1 Å². The molecule has 0 radical (unpaired) electrons. The number of pyridine rings is 1. The Hall–Kier alpha value is -2.98. The first-order valence-electron chi connectivity index (χ1n) is 6.16. The van der Waals surface area contributed by atoms with Gasteiger partial charge in [0.05, 0.1) is 11.6 Å². The molecule has 0 aliphatic rings. The Morgan fingerprint density at radius 3 is 2.77 bits per heavy atom. The molecule has 2 rings (SSSR count). The van der Waals surface area contributed by atoms with Crippen LogP contribution in [0.5, 0.6) is 0 Å². The maximum absolute atomic E-state index is 11.9. The van der Waals surface area contributed by atoms with Gasteiger partial charge in [0.25, 0.3) is 15.9 Å². The second-order valence-corrected chi connectivity index (χ2v) is 5.91. The first-order valence-corrected chi connectivity index (χ1v) is 7.64. The Balaban J connectivity index is 2.10. The summed E-state index contributed by atoms with van der Waals surface area (Å²) in [6.07, 6.45) is 5.10. The molecule has 0 atom stereocenters. The molecular formula is C15H11N3O3S. The number of nitrogens with one attached hydrogen (secondary N) is 1. The average molecular weight is 313 g/mol. The molecule has 7 heteroatoms. The van der Waals surface area contributed by atoms with Crippen LogP contribution in [0.25, 0.3) is 6.08 Å². The van der Waals surface area contributed by atoms with Crippen molar-refractivity contribution < 1.29 is 13.2 Å². The number of carbonyl (C=O) groups excluding carboxylic acids is 1. The summed E-state index contributed by atoms with van der Waals surface area (Å²) in [5.74, 6) is -0.786. The molecule has 0 fully saturated rings. The van der Waals surface area contributed by atoms with E-state index in [2.05, 4.69) is 4.98 Å². The van der Waals surface area contributed by atoms with E-state index in [1.165, 1.54) is 24.4 Å². The van der Waals surface area contributed by atoms with Crippen LogP contribution in [0.15, 0.2) is 59.8 Å². The third kappa shape index (κ3) is 4.01. The molecule has 2 aromatic rings. The van der Waals surface area contributed by atoms with Crippen molar-refractivity contribution in [3.8, 4) is 6.07 Å². The number of nitrogens with zero attached hydrogens (tertiary/aromatic N) is 2. The minimum atomic E-state index is -3.94.